The molecular weight excluding hydrogens is 312 g/mol. The second-order valence-electron chi connectivity index (χ2n) is 4.38. The lowest BCUT2D eigenvalue weighted by Gasteiger charge is -1.93. The smallest absolute Gasteiger partial charge is 0.195 e. The number of hydrogen-bond acceptors (Lipinski definition) is 4. The second-order valence-corrected chi connectivity index (χ2v) is 7.31. The van der Waals surface area contributed by atoms with Gasteiger partial charge in [-0.1, -0.05) is 11.6 Å². The molecule has 102 valence electrons. The van der Waals surface area contributed by atoms with Crippen LogP contribution in [0, 0.1) is 13.8 Å². The number of imidazole rings is 1. The molecule has 0 N–H and O–H groups in total. The van der Waals surface area contributed by atoms with Gasteiger partial charge in [0.25, 0.3) is 0 Å². The highest BCUT2D eigenvalue weighted by Crippen LogP contribution is 2.24. The van der Waals surface area contributed by atoms with E-state index in [1.165, 1.54) is 16.2 Å². The maximum Gasteiger partial charge on any atom is 0.195 e. The first-order valence-electron chi connectivity index (χ1n) is 5.97. The molecule has 6 heteroatoms. The molecule has 3 aromatic heterocycles. The van der Waals surface area contributed by atoms with Crippen LogP contribution in [0.4, 0.5) is 0 Å². The zero-order chi connectivity index (χ0) is 14.3. The summed E-state index contributed by atoms with van der Waals surface area (Å²) < 4.78 is 2.64. The van der Waals surface area contributed by atoms with E-state index in [0.29, 0.717) is 9.21 Å². The number of carbonyl (C=O) groups excluding carboxylic acids is 1. The number of rotatable bonds is 3. The van der Waals surface area contributed by atoms with Gasteiger partial charge < -0.3 is 0 Å². The first-order chi connectivity index (χ1) is 9.54. The largest absolute Gasteiger partial charge is 0.290 e. The van der Waals surface area contributed by atoms with Gasteiger partial charge in [0.05, 0.1) is 20.6 Å². The monoisotopic (exact) mass is 322 g/mol. The Bertz CT molecular complexity index is 826. The zero-order valence-corrected chi connectivity index (χ0v) is 13.3. The highest BCUT2D eigenvalue weighted by Gasteiger charge is 2.10. The lowest BCUT2D eigenvalue weighted by Crippen LogP contribution is -1.90. The van der Waals surface area contributed by atoms with E-state index in [1.807, 2.05) is 30.5 Å². The second kappa shape index (κ2) is 5.16. The van der Waals surface area contributed by atoms with Crippen LogP contribution in [0.1, 0.15) is 25.9 Å². The van der Waals surface area contributed by atoms with Crippen molar-refractivity contribution in [3.63, 3.8) is 0 Å². The molecule has 0 atom stereocenters. The van der Waals surface area contributed by atoms with Crippen molar-refractivity contribution in [1.82, 2.24) is 9.38 Å². The topological polar surface area (TPSA) is 34.4 Å². The van der Waals surface area contributed by atoms with Crippen LogP contribution >= 0.6 is 34.3 Å². The lowest BCUT2D eigenvalue weighted by molar-refractivity contribution is 0.105. The molecule has 0 aromatic carbocycles. The first kappa shape index (κ1) is 13.5. The normalized spacial score (nSPS) is 11.8. The van der Waals surface area contributed by atoms with E-state index in [-0.39, 0.29) is 5.78 Å². The molecule has 0 bridgehead atoms. The fourth-order valence-electron chi connectivity index (χ4n) is 1.97. The van der Waals surface area contributed by atoms with Crippen molar-refractivity contribution in [2.24, 2.45) is 0 Å². The summed E-state index contributed by atoms with van der Waals surface area (Å²) in [4.78, 5) is 19.3. The van der Waals surface area contributed by atoms with Crippen molar-refractivity contribution in [2.75, 3.05) is 0 Å². The van der Waals surface area contributed by atoms with E-state index in [0.717, 1.165) is 16.3 Å². The number of hydrogen-bond donors (Lipinski definition) is 0. The third-order valence-corrected chi connectivity index (χ3v) is 5.02. The van der Waals surface area contributed by atoms with Gasteiger partial charge >= 0.3 is 0 Å². The Morgan fingerprint density at radius 2 is 2.15 bits per heavy atom. The van der Waals surface area contributed by atoms with Crippen molar-refractivity contribution >= 4 is 51.1 Å². The van der Waals surface area contributed by atoms with Gasteiger partial charge in [-0.15, -0.1) is 22.7 Å². The number of fused-ring (bicyclic) bond motifs is 1. The highest BCUT2D eigenvalue weighted by molar-refractivity contribution is 7.18. The van der Waals surface area contributed by atoms with Crippen molar-refractivity contribution in [1.29, 1.82) is 0 Å². The summed E-state index contributed by atoms with van der Waals surface area (Å²) in [5.41, 5.74) is 1.87. The predicted molar refractivity (Wildman–Crippen MR) is 85.2 cm³/mol. The molecule has 0 aliphatic rings. The fraction of sp³-hybridized carbons (Fsp3) is 0.143. The molecule has 3 aromatic rings. The van der Waals surface area contributed by atoms with E-state index in [2.05, 4.69) is 4.98 Å². The molecule has 0 unspecified atom stereocenters. The maximum atomic E-state index is 12.0. The maximum absolute atomic E-state index is 12.0. The Morgan fingerprint density at radius 3 is 2.85 bits per heavy atom. The number of halogens is 1. The van der Waals surface area contributed by atoms with Gasteiger partial charge in [0, 0.05) is 11.1 Å². The van der Waals surface area contributed by atoms with E-state index in [4.69, 9.17) is 11.6 Å². The van der Waals surface area contributed by atoms with Gasteiger partial charge in [-0.2, -0.15) is 0 Å². The van der Waals surface area contributed by atoms with Crippen molar-refractivity contribution < 1.29 is 4.79 Å². The van der Waals surface area contributed by atoms with Crippen LogP contribution in [0.5, 0.6) is 0 Å². The zero-order valence-electron chi connectivity index (χ0n) is 10.9. The summed E-state index contributed by atoms with van der Waals surface area (Å²) in [5, 5.41) is 0. The third kappa shape index (κ3) is 2.44. The van der Waals surface area contributed by atoms with E-state index in [1.54, 1.807) is 29.5 Å². The van der Waals surface area contributed by atoms with Gasteiger partial charge in [0.2, 0.25) is 0 Å². The number of carbonyl (C=O) groups is 1. The molecule has 0 aliphatic carbocycles. The molecule has 3 rings (SSSR count). The van der Waals surface area contributed by atoms with E-state index < -0.39 is 0 Å². The number of allylic oxidation sites excluding steroid dienone is 1. The number of nitrogens with zero attached hydrogens (tertiary/aromatic N) is 2. The molecule has 0 saturated heterocycles. The Labute approximate surface area is 129 Å². The molecule has 20 heavy (non-hydrogen) atoms. The van der Waals surface area contributed by atoms with Crippen molar-refractivity contribution in [3.05, 3.63) is 49.9 Å². The Balaban J connectivity index is 1.94. The summed E-state index contributed by atoms with van der Waals surface area (Å²) in [6, 6.07) is 3.48. The van der Waals surface area contributed by atoms with Gasteiger partial charge in [-0.05, 0) is 38.1 Å². The van der Waals surface area contributed by atoms with Crippen LogP contribution in [0.3, 0.4) is 0 Å². The highest BCUT2D eigenvalue weighted by atomic mass is 35.5. The molecule has 3 nitrogen and oxygen atoms in total. The van der Waals surface area contributed by atoms with E-state index >= 15 is 0 Å². The Morgan fingerprint density at radius 1 is 1.35 bits per heavy atom. The molecule has 0 fully saturated rings. The Hall–Kier alpha value is -1.43. The van der Waals surface area contributed by atoms with E-state index in [9.17, 15) is 4.79 Å². The number of ketones is 1. The lowest BCUT2D eigenvalue weighted by atomic mass is 10.2. The van der Waals surface area contributed by atoms with Gasteiger partial charge in [0.1, 0.15) is 0 Å². The molecule has 0 amide bonds. The molecule has 0 spiro atoms. The molecule has 0 saturated carbocycles. The summed E-state index contributed by atoms with van der Waals surface area (Å²) >= 11 is 8.77. The average molecular weight is 323 g/mol. The number of aryl methyl sites for hydroxylation is 2. The van der Waals surface area contributed by atoms with Crippen LogP contribution in [-0.2, 0) is 0 Å². The SMILES string of the molecule is Cc1cn2c(/C=C/C(=O)c3ccc(Cl)s3)c(C)nc2s1. The minimum atomic E-state index is -0.0387. The summed E-state index contributed by atoms with van der Waals surface area (Å²) in [6.07, 6.45) is 5.43. The van der Waals surface area contributed by atoms with Crippen LogP contribution in [0.15, 0.2) is 24.4 Å². The van der Waals surface area contributed by atoms with Gasteiger partial charge in [0.15, 0.2) is 10.7 Å². The predicted octanol–water partition coefficient (Wildman–Crippen LogP) is 4.62. The van der Waals surface area contributed by atoms with Crippen LogP contribution in [-0.4, -0.2) is 15.2 Å². The summed E-state index contributed by atoms with van der Waals surface area (Å²) in [7, 11) is 0. The minimum Gasteiger partial charge on any atom is -0.290 e. The average Bonchev–Trinajstić information content (AvgIpc) is 3.02. The molecule has 0 aliphatic heterocycles. The molecule has 0 radical (unpaired) electrons. The number of thiazole rings is 1. The number of thiophene rings is 1. The standard InChI is InChI=1S/C14H11ClN2OS2/c1-8-7-17-10(9(2)16-14(17)19-8)3-4-11(18)12-5-6-13(15)20-12/h3-7H,1-2H3/b4-3+. The van der Waals surface area contributed by atoms with Crippen LogP contribution in [0.25, 0.3) is 11.0 Å². The summed E-state index contributed by atoms with van der Waals surface area (Å²) in [6.45, 7) is 3.99. The number of aromatic nitrogens is 2. The molecule has 3 heterocycles. The fourth-order valence-corrected chi connectivity index (χ4v) is 3.81. The van der Waals surface area contributed by atoms with Crippen molar-refractivity contribution in [2.45, 2.75) is 13.8 Å². The third-order valence-electron chi connectivity index (χ3n) is 2.87. The quantitative estimate of drug-likeness (QED) is 0.520. The van der Waals surface area contributed by atoms with Crippen LogP contribution < -0.4 is 0 Å². The van der Waals surface area contributed by atoms with Crippen LogP contribution in [0.2, 0.25) is 4.34 Å². The summed E-state index contributed by atoms with van der Waals surface area (Å²) in [5.74, 6) is -0.0387. The first-order valence-corrected chi connectivity index (χ1v) is 7.98. The minimum absolute atomic E-state index is 0.0387. The van der Waals surface area contributed by atoms with Crippen molar-refractivity contribution in [3.8, 4) is 0 Å². The van der Waals surface area contributed by atoms with Gasteiger partial charge in [-0.3, -0.25) is 9.20 Å². The molecular formula is C14H11ClN2OS2. The Kier molecular flexibility index (Phi) is 3.50. The van der Waals surface area contributed by atoms with Gasteiger partial charge in [-0.25, -0.2) is 4.98 Å².